The molecule has 1 fully saturated rings. The Hall–Kier alpha value is -1.84. The summed E-state index contributed by atoms with van der Waals surface area (Å²) in [4.78, 5) is 22.6. The van der Waals surface area contributed by atoms with E-state index in [0.717, 1.165) is 23.6 Å². The smallest absolute Gasteiger partial charge is 0.306 e. The Kier molecular flexibility index (Phi) is 5.37. The Morgan fingerprint density at radius 2 is 1.95 bits per heavy atom. The molecule has 1 amide bonds. The van der Waals surface area contributed by atoms with Crippen LogP contribution in [-0.2, 0) is 16.0 Å². The highest BCUT2D eigenvalue weighted by atomic mass is 16.4. The third-order valence-electron chi connectivity index (χ3n) is 4.21. The second-order valence-corrected chi connectivity index (χ2v) is 6.02. The maximum atomic E-state index is 11.8. The van der Waals surface area contributed by atoms with Gasteiger partial charge in [-0.05, 0) is 36.5 Å². The van der Waals surface area contributed by atoms with Crippen LogP contribution >= 0.6 is 0 Å². The Labute approximate surface area is 125 Å². The van der Waals surface area contributed by atoms with Crippen molar-refractivity contribution in [1.29, 1.82) is 0 Å². The summed E-state index contributed by atoms with van der Waals surface area (Å²) in [7, 11) is 0. The second kappa shape index (κ2) is 7.25. The zero-order valence-corrected chi connectivity index (χ0v) is 12.5. The van der Waals surface area contributed by atoms with E-state index in [1.54, 1.807) is 6.92 Å². The van der Waals surface area contributed by atoms with E-state index in [0.29, 0.717) is 12.8 Å². The number of anilines is 1. The second-order valence-electron chi connectivity index (χ2n) is 6.02. The Morgan fingerprint density at radius 1 is 1.29 bits per heavy atom. The molecule has 1 saturated carbocycles. The Morgan fingerprint density at radius 3 is 2.48 bits per heavy atom. The van der Waals surface area contributed by atoms with E-state index < -0.39 is 11.9 Å². The van der Waals surface area contributed by atoms with E-state index in [1.165, 1.54) is 19.3 Å². The minimum atomic E-state index is -0.789. The number of carboxylic acid groups (broad SMARTS) is 1. The molecule has 1 unspecified atom stereocenters. The average molecular weight is 289 g/mol. The number of nitrogens with one attached hydrogen (secondary N) is 1. The van der Waals surface area contributed by atoms with Crippen LogP contribution < -0.4 is 5.32 Å². The molecule has 4 heteroatoms. The van der Waals surface area contributed by atoms with Crippen LogP contribution in [0.15, 0.2) is 24.3 Å². The van der Waals surface area contributed by atoms with Crippen LogP contribution in [0.1, 0.15) is 44.6 Å². The van der Waals surface area contributed by atoms with Crippen molar-refractivity contribution in [1.82, 2.24) is 0 Å². The van der Waals surface area contributed by atoms with Crippen molar-refractivity contribution in [2.75, 3.05) is 5.32 Å². The van der Waals surface area contributed by atoms with Crippen LogP contribution in [0, 0.1) is 11.8 Å². The summed E-state index contributed by atoms with van der Waals surface area (Å²) in [5, 5.41) is 11.8. The van der Waals surface area contributed by atoms with Gasteiger partial charge in [0.25, 0.3) is 0 Å². The first-order valence-electron chi connectivity index (χ1n) is 7.66. The minimum absolute atomic E-state index is 0.0635. The van der Waals surface area contributed by atoms with Crippen LogP contribution in [-0.4, -0.2) is 17.0 Å². The van der Waals surface area contributed by atoms with Gasteiger partial charge in [-0.2, -0.15) is 0 Å². The molecule has 0 radical (unpaired) electrons. The molecular weight excluding hydrogens is 266 g/mol. The highest BCUT2D eigenvalue weighted by Gasteiger charge is 2.18. The van der Waals surface area contributed by atoms with Crippen molar-refractivity contribution in [2.24, 2.45) is 11.8 Å². The number of hydrogen-bond acceptors (Lipinski definition) is 2. The predicted molar refractivity (Wildman–Crippen MR) is 82.2 cm³/mol. The quantitative estimate of drug-likeness (QED) is 0.807. The van der Waals surface area contributed by atoms with Gasteiger partial charge >= 0.3 is 5.97 Å². The minimum Gasteiger partial charge on any atom is -0.481 e. The Bertz CT molecular complexity index is 491. The largest absolute Gasteiger partial charge is 0.481 e. The van der Waals surface area contributed by atoms with Crippen molar-refractivity contribution >= 4 is 17.6 Å². The number of carbonyl (C=O) groups excluding carboxylic acids is 1. The predicted octanol–water partition coefficient (Wildman–Crippen LogP) is 3.47. The molecule has 0 bridgehead atoms. The van der Waals surface area contributed by atoms with Crippen LogP contribution in [0.4, 0.5) is 5.69 Å². The topological polar surface area (TPSA) is 66.4 Å². The number of aliphatic carboxylic acids is 1. The molecule has 1 aromatic carbocycles. The van der Waals surface area contributed by atoms with Crippen molar-refractivity contribution in [3.63, 3.8) is 0 Å². The maximum Gasteiger partial charge on any atom is 0.306 e. The summed E-state index contributed by atoms with van der Waals surface area (Å²) in [6.45, 7) is 1.69. The summed E-state index contributed by atoms with van der Waals surface area (Å²) in [6, 6.07) is 7.43. The highest BCUT2D eigenvalue weighted by Crippen LogP contribution is 2.30. The molecule has 114 valence electrons. The summed E-state index contributed by atoms with van der Waals surface area (Å²) in [5.41, 5.74) is 1.75. The molecule has 0 aliphatic heterocycles. The molecule has 2 N–H and O–H groups in total. The molecule has 1 aliphatic rings. The lowest BCUT2D eigenvalue weighted by Gasteiger charge is -2.24. The summed E-state index contributed by atoms with van der Waals surface area (Å²) in [6.07, 6.45) is 5.92. The van der Waals surface area contributed by atoms with Gasteiger partial charge in [0.05, 0.1) is 5.92 Å². The molecule has 0 saturated heterocycles. The van der Waals surface area contributed by atoms with E-state index in [1.807, 2.05) is 24.3 Å². The lowest BCUT2D eigenvalue weighted by atomic mass is 9.82. The lowest BCUT2D eigenvalue weighted by molar-refractivity contribution is -0.141. The van der Waals surface area contributed by atoms with Crippen molar-refractivity contribution in [3.05, 3.63) is 29.8 Å². The first kappa shape index (κ1) is 15.5. The average Bonchev–Trinajstić information content (AvgIpc) is 2.39. The van der Waals surface area contributed by atoms with Gasteiger partial charge in [0, 0.05) is 12.1 Å². The molecule has 1 aliphatic carbocycles. The number of rotatable bonds is 7. The molecular formula is C17H23NO3. The molecule has 1 aromatic rings. The number of carboxylic acids is 1. The summed E-state index contributed by atoms with van der Waals surface area (Å²) < 4.78 is 0. The third-order valence-corrected chi connectivity index (χ3v) is 4.21. The standard InChI is InChI=1S/C17H23NO3/c1-12(17(20)21)11-14-5-8-15(9-6-14)18-16(19)10-7-13-3-2-4-13/h5-6,8-9,12-13H,2-4,7,10-11H2,1H3,(H,18,19)(H,20,21). The monoisotopic (exact) mass is 289 g/mol. The van der Waals surface area contributed by atoms with E-state index in [-0.39, 0.29) is 5.91 Å². The van der Waals surface area contributed by atoms with E-state index in [2.05, 4.69) is 5.32 Å². The fraction of sp³-hybridized carbons (Fsp3) is 0.529. The lowest BCUT2D eigenvalue weighted by Crippen LogP contribution is -2.17. The van der Waals surface area contributed by atoms with Gasteiger partial charge in [0.2, 0.25) is 5.91 Å². The third kappa shape index (κ3) is 4.88. The van der Waals surface area contributed by atoms with E-state index >= 15 is 0 Å². The van der Waals surface area contributed by atoms with Gasteiger partial charge < -0.3 is 10.4 Å². The summed E-state index contributed by atoms with van der Waals surface area (Å²) in [5.74, 6) is -0.375. The number of amides is 1. The fourth-order valence-corrected chi connectivity index (χ4v) is 2.51. The normalized spacial score (nSPS) is 16.0. The SMILES string of the molecule is CC(Cc1ccc(NC(=O)CCC2CCC2)cc1)C(=O)O. The molecule has 2 rings (SSSR count). The van der Waals surface area contributed by atoms with E-state index in [4.69, 9.17) is 5.11 Å². The fourth-order valence-electron chi connectivity index (χ4n) is 2.51. The highest BCUT2D eigenvalue weighted by molar-refractivity contribution is 5.90. The number of hydrogen-bond donors (Lipinski definition) is 2. The summed E-state index contributed by atoms with van der Waals surface area (Å²) >= 11 is 0. The van der Waals surface area contributed by atoms with E-state index in [9.17, 15) is 9.59 Å². The van der Waals surface area contributed by atoms with Crippen molar-refractivity contribution in [2.45, 2.75) is 45.4 Å². The molecule has 1 atom stereocenters. The van der Waals surface area contributed by atoms with Gasteiger partial charge in [-0.25, -0.2) is 0 Å². The van der Waals surface area contributed by atoms with Gasteiger partial charge in [-0.15, -0.1) is 0 Å². The maximum absolute atomic E-state index is 11.8. The van der Waals surface area contributed by atoms with Crippen LogP contribution in [0.25, 0.3) is 0 Å². The number of carbonyl (C=O) groups is 2. The zero-order chi connectivity index (χ0) is 15.2. The molecule has 0 heterocycles. The van der Waals surface area contributed by atoms with Gasteiger partial charge in [-0.3, -0.25) is 9.59 Å². The van der Waals surface area contributed by atoms with Crippen LogP contribution in [0.5, 0.6) is 0 Å². The van der Waals surface area contributed by atoms with Gasteiger partial charge in [0.1, 0.15) is 0 Å². The first-order chi connectivity index (χ1) is 10.0. The first-order valence-corrected chi connectivity index (χ1v) is 7.66. The van der Waals surface area contributed by atoms with Crippen LogP contribution in [0.2, 0.25) is 0 Å². The molecule has 4 nitrogen and oxygen atoms in total. The van der Waals surface area contributed by atoms with Crippen molar-refractivity contribution < 1.29 is 14.7 Å². The van der Waals surface area contributed by atoms with Crippen molar-refractivity contribution in [3.8, 4) is 0 Å². The van der Waals surface area contributed by atoms with Gasteiger partial charge in [0.15, 0.2) is 0 Å². The number of benzene rings is 1. The molecule has 0 aromatic heterocycles. The Balaban J connectivity index is 1.78. The van der Waals surface area contributed by atoms with Crippen LogP contribution in [0.3, 0.4) is 0 Å². The zero-order valence-electron chi connectivity index (χ0n) is 12.5. The molecule has 0 spiro atoms. The molecule has 21 heavy (non-hydrogen) atoms. The van der Waals surface area contributed by atoms with Gasteiger partial charge in [-0.1, -0.05) is 38.3 Å².